The van der Waals surface area contributed by atoms with Crippen LogP contribution in [0, 0.1) is 5.41 Å². The summed E-state index contributed by atoms with van der Waals surface area (Å²) < 4.78 is 0. The topological polar surface area (TPSA) is 49.8 Å². The number of hydrogen-bond acceptors (Lipinski definition) is 4. The van der Waals surface area contributed by atoms with Crippen molar-refractivity contribution in [2.24, 2.45) is 5.41 Å². The highest BCUT2D eigenvalue weighted by molar-refractivity contribution is 5.39. The van der Waals surface area contributed by atoms with Gasteiger partial charge in [-0.25, -0.2) is 4.98 Å². The highest BCUT2D eigenvalue weighted by Crippen LogP contribution is 2.35. The van der Waals surface area contributed by atoms with Gasteiger partial charge in [0.1, 0.15) is 5.82 Å². The van der Waals surface area contributed by atoms with E-state index in [1.165, 1.54) is 32.1 Å². The van der Waals surface area contributed by atoms with Crippen LogP contribution < -0.4 is 10.6 Å². The van der Waals surface area contributed by atoms with Crippen molar-refractivity contribution in [1.82, 2.24) is 9.97 Å². The van der Waals surface area contributed by atoms with E-state index in [9.17, 15) is 0 Å². The summed E-state index contributed by atoms with van der Waals surface area (Å²) in [5.74, 6) is 1.65. The first kappa shape index (κ1) is 14.1. The van der Waals surface area contributed by atoms with Gasteiger partial charge in [-0.15, -0.1) is 0 Å². The summed E-state index contributed by atoms with van der Waals surface area (Å²) in [5, 5.41) is 6.70. The molecule has 4 nitrogen and oxygen atoms in total. The van der Waals surface area contributed by atoms with Gasteiger partial charge in [-0.2, -0.15) is 4.98 Å². The molecule has 1 aliphatic rings. The van der Waals surface area contributed by atoms with E-state index in [-0.39, 0.29) is 0 Å². The summed E-state index contributed by atoms with van der Waals surface area (Å²) in [7, 11) is 0. The summed E-state index contributed by atoms with van der Waals surface area (Å²) in [4.78, 5) is 8.72. The molecule has 1 heterocycles. The number of hydrogen-bond donors (Lipinski definition) is 2. The number of nitrogens with zero attached hydrogens (tertiary/aromatic N) is 2. The van der Waals surface area contributed by atoms with Crippen molar-refractivity contribution < 1.29 is 0 Å². The van der Waals surface area contributed by atoms with Crippen LogP contribution >= 0.6 is 0 Å². The molecule has 2 N–H and O–H groups in total. The van der Waals surface area contributed by atoms with Crippen molar-refractivity contribution in [2.75, 3.05) is 23.7 Å². The smallest absolute Gasteiger partial charge is 0.224 e. The number of nitrogens with one attached hydrogen (secondary N) is 2. The van der Waals surface area contributed by atoms with E-state index in [1.807, 2.05) is 12.3 Å². The van der Waals surface area contributed by atoms with Gasteiger partial charge in [0.2, 0.25) is 5.95 Å². The van der Waals surface area contributed by atoms with Gasteiger partial charge in [0.05, 0.1) is 0 Å². The quantitative estimate of drug-likeness (QED) is 0.821. The van der Waals surface area contributed by atoms with E-state index in [2.05, 4.69) is 34.4 Å². The maximum atomic E-state index is 4.49. The Hall–Kier alpha value is -1.32. The largest absolute Gasteiger partial charge is 0.369 e. The van der Waals surface area contributed by atoms with Gasteiger partial charge < -0.3 is 10.6 Å². The Labute approximate surface area is 116 Å². The Morgan fingerprint density at radius 3 is 2.74 bits per heavy atom. The molecule has 0 unspecified atom stereocenters. The summed E-state index contributed by atoms with van der Waals surface area (Å²) in [6.45, 7) is 6.45. The van der Waals surface area contributed by atoms with E-state index in [0.29, 0.717) is 5.41 Å². The van der Waals surface area contributed by atoms with Crippen molar-refractivity contribution in [3.63, 3.8) is 0 Å². The molecule has 1 aromatic heterocycles. The summed E-state index contributed by atoms with van der Waals surface area (Å²) in [6, 6.07) is 1.95. The second-order valence-corrected chi connectivity index (χ2v) is 5.92. The molecule has 1 aliphatic carbocycles. The lowest BCUT2D eigenvalue weighted by molar-refractivity contribution is 0.233. The average Bonchev–Trinajstić information content (AvgIpc) is 2.44. The maximum Gasteiger partial charge on any atom is 0.224 e. The zero-order valence-electron chi connectivity index (χ0n) is 12.2. The summed E-state index contributed by atoms with van der Waals surface area (Å²) in [6.07, 6.45) is 9.68. The highest BCUT2D eigenvalue weighted by Gasteiger charge is 2.26. The Morgan fingerprint density at radius 1 is 1.21 bits per heavy atom. The Bertz CT molecular complexity index is 385. The van der Waals surface area contributed by atoms with Crippen LogP contribution in [0.15, 0.2) is 12.3 Å². The molecule has 106 valence electrons. The predicted octanol–water partition coefficient (Wildman–Crippen LogP) is 3.68. The predicted molar refractivity (Wildman–Crippen MR) is 80.5 cm³/mol. The SMILES string of the molecule is CCCNc1nccc(NCC2(C)CCCCC2)n1. The zero-order chi connectivity index (χ0) is 13.6. The fraction of sp³-hybridized carbons (Fsp3) is 0.733. The minimum absolute atomic E-state index is 0.431. The number of aromatic nitrogens is 2. The second-order valence-electron chi connectivity index (χ2n) is 5.92. The lowest BCUT2D eigenvalue weighted by atomic mass is 9.76. The molecule has 4 heteroatoms. The summed E-state index contributed by atoms with van der Waals surface area (Å²) >= 11 is 0. The van der Waals surface area contributed by atoms with Crippen molar-refractivity contribution in [1.29, 1.82) is 0 Å². The molecule has 1 aromatic rings. The lowest BCUT2D eigenvalue weighted by Crippen LogP contribution is -2.29. The van der Waals surface area contributed by atoms with E-state index in [0.717, 1.165) is 31.3 Å². The molecule has 0 aliphatic heterocycles. The van der Waals surface area contributed by atoms with E-state index < -0.39 is 0 Å². The monoisotopic (exact) mass is 262 g/mol. The van der Waals surface area contributed by atoms with Crippen LogP contribution in [-0.4, -0.2) is 23.1 Å². The van der Waals surface area contributed by atoms with Crippen LogP contribution in [0.1, 0.15) is 52.4 Å². The Morgan fingerprint density at radius 2 is 2.00 bits per heavy atom. The lowest BCUT2D eigenvalue weighted by Gasteiger charge is -2.33. The van der Waals surface area contributed by atoms with Crippen molar-refractivity contribution in [3.05, 3.63) is 12.3 Å². The molecule has 0 atom stereocenters. The van der Waals surface area contributed by atoms with Gasteiger partial charge in [0.15, 0.2) is 0 Å². The minimum Gasteiger partial charge on any atom is -0.369 e. The summed E-state index contributed by atoms with van der Waals surface area (Å²) in [5.41, 5.74) is 0.431. The molecule has 0 aromatic carbocycles. The molecule has 1 fully saturated rings. The van der Waals surface area contributed by atoms with Crippen molar-refractivity contribution >= 4 is 11.8 Å². The van der Waals surface area contributed by atoms with Gasteiger partial charge in [0, 0.05) is 19.3 Å². The highest BCUT2D eigenvalue weighted by atomic mass is 15.1. The first-order chi connectivity index (χ1) is 9.22. The van der Waals surface area contributed by atoms with Gasteiger partial charge >= 0.3 is 0 Å². The first-order valence-corrected chi connectivity index (χ1v) is 7.53. The normalized spacial score (nSPS) is 18.0. The molecular formula is C15H26N4. The fourth-order valence-corrected chi connectivity index (χ4v) is 2.67. The van der Waals surface area contributed by atoms with Gasteiger partial charge in [-0.05, 0) is 30.7 Å². The van der Waals surface area contributed by atoms with Crippen LogP contribution in [0.5, 0.6) is 0 Å². The minimum atomic E-state index is 0.431. The third-order valence-electron chi connectivity index (χ3n) is 3.95. The Kier molecular flexibility index (Phi) is 5.00. The second kappa shape index (κ2) is 6.73. The van der Waals surface area contributed by atoms with Crippen LogP contribution in [0.3, 0.4) is 0 Å². The van der Waals surface area contributed by atoms with E-state index in [4.69, 9.17) is 0 Å². The molecule has 0 radical (unpaired) electrons. The van der Waals surface area contributed by atoms with Crippen molar-refractivity contribution in [3.8, 4) is 0 Å². The van der Waals surface area contributed by atoms with Crippen LogP contribution in [0.2, 0.25) is 0 Å². The fourth-order valence-electron chi connectivity index (χ4n) is 2.67. The molecule has 0 spiro atoms. The molecule has 2 rings (SSSR count). The van der Waals surface area contributed by atoms with Gasteiger partial charge in [0.25, 0.3) is 0 Å². The molecular weight excluding hydrogens is 236 g/mol. The van der Waals surface area contributed by atoms with E-state index in [1.54, 1.807) is 0 Å². The van der Waals surface area contributed by atoms with Crippen LogP contribution in [0.25, 0.3) is 0 Å². The third-order valence-corrected chi connectivity index (χ3v) is 3.95. The Balaban J connectivity index is 1.88. The van der Waals surface area contributed by atoms with Crippen LogP contribution in [0.4, 0.5) is 11.8 Å². The molecule has 1 saturated carbocycles. The molecule has 19 heavy (non-hydrogen) atoms. The number of rotatable bonds is 6. The first-order valence-electron chi connectivity index (χ1n) is 7.53. The van der Waals surface area contributed by atoms with Crippen molar-refractivity contribution in [2.45, 2.75) is 52.4 Å². The van der Waals surface area contributed by atoms with Crippen LogP contribution in [-0.2, 0) is 0 Å². The van der Waals surface area contributed by atoms with Gasteiger partial charge in [-0.1, -0.05) is 33.1 Å². The third kappa shape index (κ3) is 4.37. The van der Waals surface area contributed by atoms with E-state index >= 15 is 0 Å². The molecule has 0 saturated heterocycles. The zero-order valence-corrected chi connectivity index (χ0v) is 12.2. The molecule has 0 bridgehead atoms. The standard InChI is InChI=1S/C15H26N4/c1-3-10-16-14-17-11-7-13(19-14)18-12-15(2)8-5-4-6-9-15/h7,11H,3-6,8-10,12H2,1-2H3,(H2,16,17,18,19). The maximum absolute atomic E-state index is 4.49. The molecule has 0 amide bonds. The number of anilines is 2. The average molecular weight is 262 g/mol. The van der Waals surface area contributed by atoms with Gasteiger partial charge in [-0.3, -0.25) is 0 Å².